The second-order valence-electron chi connectivity index (χ2n) is 9.52. The number of rotatable bonds is 8. The molecule has 2 aromatic rings. The van der Waals surface area contributed by atoms with Gasteiger partial charge >= 0.3 is 6.09 Å². The number of pyridine rings is 1. The third kappa shape index (κ3) is 6.25. The van der Waals surface area contributed by atoms with Gasteiger partial charge in [-0.15, -0.1) is 0 Å². The van der Waals surface area contributed by atoms with E-state index in [0.717, 1.165) is 6.07 Å². The molecular formula is C26H33FN6O5. The van der Waals surface area contributed by atoms with Crippen LogP contribution in [0.15, 0.2) is 36.5 Å². The number of anilines is 2. The zero-order valence-corrected chi connectivity index (χ0v) is 22.2. The van der Waals surface area contributed by atoms with E-state index in [0.29, 0.717) is 11.4 Å². The van der Waals surface area contributed by atoms with Gasteiger partial charge in [0, 0.05) is 37.8 Å². The van der Waals surface area contributed by atoms with Crippen LogP contribution >= 0.6 is 0 Å². The van der Waals surface area contributed by atoms with E-state index in [1.165, 1.54) is 28.1 Å². The molecule has 11 nitrogen and oxygen atoms in total. The molecule has 3 rings (SSSR count). The van der Waals surface area contributed by atoms with Gasteiger partial charge in [-0.25, -0.2) is 14.2 Å². The Kier molecular flexibility index (Phi) is 9.00. The Morgan fingerprint density at radius 3 is 2.47 bits per heavy atom. The van der Waals surface area contributed by atoms with Crippen LogP contribution in [0.5, 0.6) is 0 Å². The third-order valence-corrected chi connectivity index (χ3v) is 6.17. The Morgan fingerprint density at radius 2 is 1.87 bits per heavy atom. The first kappa shape index (κ1) is 28.5. The van der Waals surface area contributed by atoms with Crippen molar-refractivity contribution in [3.63, 3.8) is 0 Å². The number of aromatic nitrogens is 1. The molecule has 1 aromatic carbocycles. The van der Waals surface area contributed by atoms with E-state index in [-0.39, 0.29) is 35.4 Å². The Balaban J connectivity index is 1.81. The molecule has 12 heteroatoms. The SMILES string of the molecule is CN[C@@H](C)C(=O)N[C@H](C(=O)N1c2ncccc2C[C@@H]1OC(=O)Nc1ccc(C(=O)N(C)C)cc1F)C(C)C. The van der Waals surface area contributed by atoms with Crippen molar-refractivity contribution in [1.82, 2.24) is 20.5 Å². The number of fused-ring (bicyclic) bond motifs is 1. The zero-order valence-electron chi connectivity index (χ0n) is 22.2. The van der Waals surface area contributed by atoms with Gasteiger partial charge in [-0.05, 0) is 44.2 Å². The number of amides is 4. The summed E-state index contributed by atoms with van der Waals surface area (Å²) in [7, 11) is 4.72. The number of ether oxygens (including phenoxy) is 1. The van der Waals surface area contributed by atoms with Crippen LogP contribution in [0.25, 0.3) is 0 Å². The molecule has 4 amide bonds. The van der Waals surface area contributed by atoms with E-state index < -0.39 is 36.1 Å². The molecule has 0 radical (unpaired) electrons. The second kappa shape index (κ2) is 12.0. The first-order chi connectivity index (χ1) is 17.9. The van der Waals surface area contributed by atoms with Gasteiger partial charge in [0.2, 0.25) is 5.91 Å². The summed E-state index contributed by atoms with van der Waals surface area (Å²) < 4.78 is 20.2. The van der Waals surface area contributed by atoms with Gasteiger partial charge in [0.25, 0.3) is 11.8 Å². The fraction of sp³-hybridized carbons (Fsp3) is 0.423. The number of hydrogen-bond acceptors (Lipinski definition) is 7. The summed E-state index contributed by atoms with van der Waals surface area (Å²) in [5.41, 5.74) is 0.605. The van der Waals surface area contributed by atoms with Gasteiger partial charge in [0.05, 0.1) is 11.7 Å². The van der Waals surface area contributed by atoms with Crippen molar-refractivity contribution < 1.29 is 28.3 Å². The predicted octanol–water partition coefficient (Wildman–Crippen LogP) is 2.14. The minimum atomic E-state index is -1.08. The predicted molar refractivity (Wildman–Crippen MR) is 139 cm³/mol. The lowest BCUT2D eigenvalue weighted by atomic mass is 10.0. The summed E-state index contributed by atoms with van der Waals surface area (Å²) in [5, 5.41) is 7.92. The van der Waals surface area contributed by atoms with Gasteiger partial charge in [-0.1, -0.05) is 19.9 Å². The Hall–Kier alpha value is -4.06. The second-order valence-corrected chi connectivity index (χ2v) is 9.52. The number of halogens is 1. The molecule has 0 aliphatic carbocycles. The minimum absolute atomic E-state index is 0.120. The summed E-state index contributed by atoms with van der Waals surface area (Å²) in [6.07, 6.45) is -0.406. The quantitative estimate of drug-likeness (QED) is 0.478. The molecule has 1 aliphatic rings. The Bertz CT molecular complexity index is 1220. The number of nitrogens with one attached hydrogen (secondary N) is 3. The summed E-state index contributed by atoms with van der Waals surface area (Å²) >= 11 is 0. The van der Waals surface area contributed by atoms with E-state index in [1.807, 2.05) is 0 Å². The maximum atomic E-state index is 14.6. The minimum Gasteiger partial charge on any atom is -0.424 e. The van der Waals surface area contributed by atoms with E-state index in [9.17, 15) is 23.6 Å². The number of carbonyl (C=O) groups excluding carboxylic acids is 4. The molecule has 0 unspecified atom stereocenters. The lowest BCUT2D eigenvalue weighted by Crippen LogP contribution is -2.56. The fourth-order valence-electron chi connectivity index (χ4n) is 3.91. The Morgan fingerprint density at radius 1 is 1.16 bits per heavy atom. The number of likely N-dealkylation sites (N-methyl/N-ethyl adjacent to an activating group) is 1. The lowest BCUT2D eigenvalue weighted by molar-refractivity contribution is -0.130. The summed E-state index contributed by atoms with van der Waals surface area (Å²) in [6, 6.07) is 5.68. The molecule has 0 fully saturated rings. The highest BCUT2D eigenvalue weighted by atomic mass is 19.1. The highest BCUT2D eigenvalue weighted by Crippen LogP contribution is 2.32. The van der Waals surface area contributed by atoms with Crippen LogP contribution < -0.4 is 20.9 Å². The van der Waals surface area contributed by atoms with E-state index in [2.05, 4.69) is 20.9 Å². The largest absolute Gasteiger partial charge is 0.424 e. The van der Waals surface area contributed by atoms with Gasteiger partial charge in [0.15, 0.2) is 6.23 Å². The van der Waals surface area contributed by atoms with E-state index in [1.54, 1.807) is 54.0 Å². The van der Waals surface area contributed by atoms with Crippen LogP contribution in [0.1, 0.15) is 36.7 Å². The first-order valence-electron chi connectivity index (χ1n) is 12.2. The maximum Gasteiger partial charge on any atom is 0.413 e. The molecular weight excluding hydrogens is 495 g/mol. The van der Waals surface area contributed by atoms with Crippen LogP contribution in [-0.4, -0.2) is 73.2 Å². The molecule has 0 bridgehead atoms. The number of nitrogens with zero attached hydrogens (tertiary/aromatic N) is 3. The first-order valence-corrected chi connectivity index (χ1v) is 12.2. The summed E-state index contributed by atoms with van der Waals surface area (Å²) in [5.74, 6) is -2.03. The standard InChI is InChI=1S/C26H33FN6O5/c1-14(2)21(31-23(34)15(3)28-4)25(36)33-20(13-16-8-7-11-29-22(16)33)38-26(37)30-19-10-9-17(12-18(19)27)24(35)32(5)6/h7-12,14-15,20-21,28H,13H2,1-6H3,(H,30,37)(H,31,34)/t15-,20-,21-/m0/s1. The molecule has 3 N–H and O–H groups in total. The van der Waals surface area contributed by atoms with Gasteiger partial charge in [-0.3, -0.25) is 24.6 Å². The van der Waals surface area contributed by atoms with Crippen molar-refractivity contribution in [3.05, 3.63) is 53.5 Å². The average Bonchev–Trinajstić information content (AvgIpc) is 3.24. The zero-order chi connectivity index (χ0) is 28.1. The van der Waals surface area contributed by atoms with Crippen molar-refractivity contribution in [2.24, 2.45) is 5.92 Å². The maximum absolute atomic E-state index is 14.6. The van der Waals surface area contributed by atoms with Crippen molar-refractivity contribution >= 4 is 35.3 Å². The van der Waals surface area contributed by atoms with Gasteiger partial charge in [-0.2, -0.15) is 0 Å². The molecule has 0 saturated heterocycles. The molecule has 0 spiro atoms. The molecule has 3 atom stereocenters. The molecule has 2 heterocycles. The van der Waals surface area contributed by atoms with Crippen LogP contribution in [0.2, 0.25) is 0 Å². The monoisotopic (exact) mass is 528 g/mol. The smallest absolute Gasteiger partial charge is 0.413 e. The summed E-state index contributed by atoms with van der Waals surface area (Å²) in [6.45, 7) is 5.25. The summed E-state index contributed by atoms with van der Waals surface area (Å²) in [4.78, 5) is 57.9. The molecule has 204 valence electrons. The topological polar surface area (TPSA) is 133 Å². The Labute approximate surface area is 220 Å². The highest BCUT2D eigenvalue weighted by molar-refractivity contribution is 6.01. The normalized spacial score (nSPS) is 15.9. The number of carbonyl (C=O) groups is 4. The van der Waals surface area contributed by atoms with Crippen LogP contribution in [0, 0.1) is 11.7 Å². The van der Waals surface area contributed by atoms with E-state index in [4.69, 9.17) is 4.74 Å². The van der Waals surface area contributed by atoms with Crippen molar-refractivity contribution in [3.8, 4) is 0 Å². The van der Waals surface area contributed by atoms with Gasteiger partial charge in [0.1, 0.15) is 17.7 Å². The van der Waals surface area contributed by atoms with Gasteiger partial charge < -0.3 is 20.3 Å². The molecule has 0 saturated carbocycles. The van der Waals surface area contributed by atoms with Crippen molar-refractivity contribution in [2.75, 3.05) is 31.4 Å². The van der Waals surface area contributed by atoms with Crippen LogP contribution in [0.3, 0.4) is 0 Å². The third-order valence-electron chi connectivity index (χ3n) is 6.17. The van der Waals surface area contributed by atoms with Crippen molar-refractivity contribution in [1.29, 1.82) is 0 Å². The van der Waals surface area contributed by atoms with E-state index >= 15 is 0 Å². The average molecular weight is 529 g/mol. The van der Waals surface area contributed by atoms with Crippen LogP contribution in [-0.2, 0) is 20.7 Å². The lowest BCUT2D eigenvalue weighted by Gasteiger charge is -2.31. The molecule has 1 aromatic heterocycles. The van der Waals surface area contributed by atoms with Crippen LogP contribution in [0.4, 0.5) is 20.7 Å². The van der Waals surface area contributed by atoms with Crippen molar-refractivity contribution in [2.45, 2.75) is 45.5 Å². The number of hydrogen-bond donors (Lipinski definition) is 3. The number of benzene rings is 1. The fourth-order valence-corrected chi connectivity index (χ4v) is 3.91. The highest BCUT2D eigenvalue weighted by Gasteiger charge is 2.42. The molecule has 1 aliphatic heterocycles. The molecule has 38 heavy (non-hydrogen) atoms.